The quantitative estimate of drug-likeness (QED) is 0.178. The summed E-state index contributed by atoms with van der Waals surface area (Å²) >= 11 is 7.08. The summed E-state index contributed by atoms with van der Waals surface area (Å²) < 4.78 is 61.8. The molecule has 0 saturated heterocycles. The maximum Gasteiger partial charge on any atom is 0.418 e. The summed E-state index contributed by atoms with van der Waals surface area (Å²) in [7, 11) is 3.17. The van der Waals surface area contributed by atoms with Crippen LogP contribution in [0.1, 0.15) is 27.8 Å². The number of nitrogens with zero attached hydrogens (tertiary/aromatic N) is 6. The summed E-state index contributed by atoms with van der Waals surface area (Å²) in [4.78, 5) is 13.1. The summed E-state index contributed by atoms with van der Waals surface area (Å²) in [5.41, 5.74) is 7.34. The Kier molecular flexibility index (Phi) is 9.71. The molecule has 7 rings (SSSR count). The van der Waals surface area contributed by atoms with Crippen molar-refractivity contribution < 1.29 is 27.4 Å². The molecular formula is C38H34ClF3N8O3. The Labute approximate surface area is 307 Å². The molecule has 0 radical (unpaired) electrons. The van der Waals surface area contributed by atoms with E-state index < -0.39 is 11.7 Å². The number of hydrogen-bond acceptors (Lipinski definition) is 11. The molecule has 0 spiro atoms. The number of anilines is 2. The predicted molar refractivity (Wildman–Crippen MR) is 194 cm³/mol. The van der Waals surface area contributed by atoms with Crippen molar-refractivity contribution in [2.45, 2.75) is 32.7 Å². The van der Waals surface area contributed by atoms with E-state index in [0.717, 1.165) is 11.1 Å². The number of nitrogens with one attached hydrogen (secondary N) is 1. The smallest absolute Gasteiger partial charge is 0.418 e. The monoisotopic (exact) mass is 742 g/mol. The lowest BCUT2D eigenvalue weighted by Gasteiger charge is -2.27. The van der Waals surface area contributed by atoms with Crippen LogP contribution in [-0.4, -0.2) is 41.0 Å². The van der Waals surface area contributed by atoms with E-state index in [0.29, 0.717) is 53.6 Å². The number of nitrogen functional groups attached to an aromatic ring is 1. The zero-order valence-corrected chi connectivity index (χ0v) is 29.7. The van der Waals surface area contributed by atoms with Gasteiger partial charge in [-0.05, 0) is 66.1 Å². The van der Waals surface area contributed by atoms with Crippen LogP contribution in [0.2, 0.25) is 5.02 Å². The minimum absolute atomic E-state index is 0.00435. The standard InChI is InChI=1S/C38H34ClF3N8O3/c1-22-16-30(50(18-23-4-8-26(51-2)9-5-23)19-24-6-10-27(52-3)11-7-24)47-34(32(22)38(40,41)42)28-17-29-31-35(33(28)39)44-21-45-37(31)49(14-15-53-29)20-25-12-13-46-48-36(25)43/h4-17,45H,18-21H2,1-3H3,(H2,43,48). The zero-order chi connectivity index (χ0) is 37.3. The minimum Gasteiger partial charge on any atom is -0.497 e. The summed E-state index contributed by atoms with van der Waals surface area (Å²) in [6, 6.07) is 19.7. The van der Waals surface area contributed by atoms with Crippen molar-refractivity contribution in [2.75, 3.05) is 31.5 Å². The normalized spacial score (nSPS) is 13.3. The highest BCUT2D eigenvalue weighted by atomic mass is 35.5. The third-order valence-corrected chi connectivity index (χ3v) is 9.34. The molecule has 0 saturated carbocycles. The molecule has 53 heavy (non-hydrogen) atoms. The second kappa shape index (κ2) is 14.5. The molecular weight excluding hydrogens is 709 g/mol. The number of rotatable bonds is 10. The van der Waals surface area contributed by atoms with Crippen molar-refractivity contribution in [1.29, 1.82) is 0 Å². The fourth-order valence-electron chi connectivity index (χ4n) is 6.35. The van der Waals surface area contributed by atoms with Gasteiger partial charge < -0.3 is 35.1 Å². The lowest BCUT2D eigenvalue weighted by Crippen LogP contribution is -2.44. The number of hydrogen-bond donors (Lipinski definition) is 2. The predicted octanol–water partition coefficient (Wildman–Crippen LogP) is 5.94. The molecule has 272 valence electrons. The second-order valence-electron chi connectivity index (χ2n) is 12.3. The zero-order valence-electron chi connectivity index (χ0n) is 28.9. The van der Waals surface area contributed by atoms with Crippen molar-refractivity contribution in [1.82, 2.24) is 25.4 Å². The SMILES string of the molecule is COc1ccc(CN(Cc2ccc(OC)cc2)c2cc(C)c(C(F)(F)F)c(-c3cc4c5c(c3Cl)=NCNC=5N(Cc3ccnnc3N)C=CO4)n2)cc1. The van der Waals surface area contributed by atoms with E-state index in [9.17, 15) is 0 Å². The molecule has 0 unspecified atom stereocenters. The molecule has 3 aromatic carbocycles. The molecule has 0 bridgehead atoms. The molecule has 3 N–H and O–H groups in total. The number of aryl methyl sites for hydroxylation is 1. The van der Waals surface area contributed by atoms with E-state index in [1.807, 2.05) is 58.3 Å². The Morgan fingerprint density at radius 2 is 1.64 bits per heavy atom. The number of alkyl halides is 3. The average Bonchev–Trinajstić information content (AvgIpc) is 3.32. The van der Waals surface area contributed by atoms with Gasteiger partial charge >= 0.3 is 6.18 Å². The third kappa shape index (κ3) is 7.22. The van der Waals surface area contributed by atoms with E-state index in [4.69, 9.17) is 36.5 Å². The van der Waals surface area contributed by atoms with Crippen molar-refractivity contribution in [3.05, 3.63) is 129 Å². The molecule has 0 fully saturated rings. The summed E-state index contributed by atoms with van der Waals surface area (Å²) in [6.45, 7) is 2.49. The maximum atomic E-state index is 15.0. The maximum absolute atomic E-state index is 15.0. The summed E-state index contributed by atoms with van der Waals surface area (Å²) in [6.07, 6.45) is -0.0975. The highest BCUT2D eigenvalue weighted by Gasteiger charge is 2.38. The number of ether oxygens (including phenoxy) is 3. The van der Waals surface area contributed by atoms with E-state index in [1.54, 1.807) is 26.5 Å². The lowest BCUT2D eigenvalue weighted by molar-refractivity contribution is -0.137. The van der Waals surface area contributed by atoms with E-state index >= 15 is 13.2 Å². The number of aromatic nitrogens is 3. The summed E-state index contributed by atoms with van der Waals surface area (Å²) in [5, 5.41) is 11.8. The Bertz CT molecular complexity index is 2270. The van der Waals surface area contributed by atoms with Gasteiger partial charge in [-0.2, -0.15) is 18.3 Å². The number of benzene rings is 3. The van der Waals surface area contributed by atoms with Gasteiger partial charge in [-0.25, -0.2) is 4.98 Å². The third-order valence-electron chi connectivity index (χ3n) is 8.95. The van der Waals surface area contributed by atoms with Crippen LogP contribution < -0.4 is 40.7 Å². The van der Waals surface area contributed by atoms with E-state index in [-0.39, 0.29) is 45.4 Å². The van der Waals surface area contributed by atoms with E-state index in [1.165, 1.54) is 31.5 Å². The molecule has 15 heteroatoms. The van der Waals surface area contributed by atoms with Crippen LogP contribution in [0.25, 0.3) is 17.1 Å². The van der Waals surface area contributed by atoms with Crippen LogP contribution in [0, 0.1) is 6.92 Å². The second-order valence-corrected chi connectivity index (χ2v) is 12.7. The molecule has 0 aliphatic carbocycles. The molecule has 11 nitrogen and oxygen atoms in total. The van der Waals surface area contributed by atoms with Crippen molar-refractivity contribution >= 4 is 29.1 Å². The Hall–Kier alpha value is -6.02. The molecule has 0 atom stereocenters. The molecule has 2 aliphatic rings. The first kappa shape index (κ1) is 35.4. The van der Waals surface area contributed by atoms with Crippen molar-refractivity contribution in [3.63, 3.8) is 0 Å². The average molecular weight is 743 g/mol. The van der Waals surface area contributed by atoms with E-state index in [2.05, 4.69) is 20.5 Å². The van der Waals surface area contributed by atoms with Gasteiger partial charge in [0.15, 0.2) is 5.82 Å². The van der Waals surface area contributed by atoms with Crippen LogP contribution >= 0.6 is 11.6 Å². The largest absolute Gasteiger partial charge is 0.497 e. The number of nitrogens with two attached hydrogens (primary N) is 1. The highest BCUT2D eigenvalue weighted by Crippen LogP contribution is 2.42. The van der Waals surface area contributed by atoms with Crippen LogP contribution in [-0.2, 0) is 25.8 Å². The van der Waals surface area contributed by atoms with Gasteiger partial charge in [0, 0.05) is 30.4 Å². The fraction of sp³-hybridized carbons (Fsp3) is 0.211. The van der Waals surface area contributed by atoms with Crippen LogP contribution in [0.3, 0.4) is 0 Å². The first-order chi connectivity index (χ1) is 25.5. The van der Waals surface area contributed by atoms with Gasteiger partial charge in [-0.15, -0.1) is 5.10 Å². The van der Waals surface area contributed by atoms with Crippen molar-refractivity contribution in [3.8, 4) is 28.5 Å². The Balaban J connectivity index is 1.38. The van der Waals surface area contributed by atoms with Gasteiger partial charge in [-0.1, -0.05) is 35.9 Å². The Morgan fingerprint density at radius 3 is 2.25 bits per heavy atom. The van der Waals surface area contributed by atoms with Crippen molar-refractivity contribution in [2.24, 2.45) is 4.99 Å². The first-order valence-corrected chi connectivity index (χ1v) is 16.8. The van der Waals surface area contributed by atoms with Gasteiger partial charge in [0.05, 0.1) is 53.8 Å². The number of pyridine rings is 1. The summed E-state index contributed by atoms with van der Waals surface area (Å²) in [5.74, 6) is 2.78. The van der Waals surface area contributed by atoms with Gasteiger partial charge in [0.1, 0.15) is 41.8 Å². The molecule has 2 aromatic heterocycles. The molecule has 4 heterocycles. The van der Waals surface area contributed by atoms with Crippen LogP contribution in [0.4, 0.5) is 24.8 Å². The van der Waals surface area contributed by atoms with Crippen LogP contribution in [0.15, 0.2) is 90.4 Å². The fourth-order valence-corrected chi connectivity index (χ4v) is 6.65. The Morgan fingerprint density at radius 1 is 0.981 bits per heavy atom. The first-order valence-electron chi connectivity index (χ1n) is 16.4. The topological polar surface area (TPSA) is 123 Å². The van der Waals surface area contributed by atoms with Gasteiger partial charge in [0.25, 0.3) is 0 Å². The molecule has 5 aromatic rings. The highest BCUT2D eigenvalue weighted by molar-refractivity contribution is 6.33. The number of halogens is 4. The number of methoxy groups -OCH3 is 2. The lowest BCUT2D eigenvalue weighted by atomic mass is 9.99. The molecule has 2 aliphatic heterocycles. The minimum atomic E-state index is -4.76. The van der Waals surface area contributed by atoms with Crippen LogP contribution in [0.5, 0.6) is 17.2 Å². The molecule has 0 amide bonds. The van der Waals surface area contributed by atoms with Gasteiger partial charge in [-0.3, -0.25) is 4.99 Å². The van der Waals surface area contributed by atoms with Gasteiger partial charge in [0.2, 0.25) is 0 Å².